The Morgan fingerprint density at radius 2 is 1.74 bits per heavy atom. The Hall–Kier alpha value is -2.78. The van der Waals surface area contributed by atoms with Gasteiger partial charge in [-0.1, -0.05) is 0 Å². The number of carbonyl (C=O) groups is 1. The molecular weight excluding hydrogens is 370 g/mol. The summed E-state index contributed by atoms with van der Waals surface area (Å²) < 4.78 is 38.5. The van der Waals surface area contributed by atoms with E-state index in [1.807, 2.05) is 0 Å². The van der Waals surface area contributed by atoms with Gasteiger partial charge in [-0.3, -0.25) is 9.52 Å². The molecule has 0 spiro atoms. The van der Waals surface area contributed by atoms with Crippen LogP contribution in [-0.2, 0) is 10.0 Å². The Morgan fingerprint density at radius 1 is 1.04 bits per heavy atom. The van der Waals surface area contributed by atoms with Gasteiger partial charge in [0.05, 0.1) is 4.90 Å². The molecule has 0 radical (unpaired) electrons. The molecule has 0 saturated carbocycles. The van der Waals surface area contributed by atoms with Gasteiger partial charge in [0.25, 0.3) is 15.9 Å². The highest BCUT2D eigenvalue weighted by atomic mass is 32.2. The second-order valence-electron chi connectivity index (χ2n) is 5.89. The average Bonchev–Trinajstić information content (AvgIpc) is 2.68. The lowest BCUT2D eigenvalue weighted by atomic mass is 10.2. The molecule has 0 atom stereocenters. The molecule has 1 amide bonds. The zero-order valence-electron chi connectivity index (χ0n) is 14.6. The van der Waals surface area contributed by atoms with Crippen molar-refractivity contribution in [3.8, 4) is 11.5 Å². The minimum atomic E-state index is -3.80. The molecule has 2 aromatic carbocycles. The number of hydrogen-bond acceptors (Lipinski definition) is 6. The van der Waals surface area contributed by atoms with Crippen LogP contribution in [0.25, 0.3) is 0 Å². The highest BCUT2D eigenvalue weighted by Crippen LogP contribution is 2.32. The molecule has 0 unspecified atom stereocenters. The zero-order chi connectivity index (χ0) is 19.3. The van der Waals surface area contributed by atoms with Crippen LogP contribution in [-0.4, -0.2) is 40.6 Å². The van der Waals surface area contributed by atoms with Crippen molar-refractivity contribution in [3.05, 3.63) is 48.0 Å². The Bertz CT molecular complexity index is 913. The topological polar surface area (TPSA) is 120 Å². The summed E-state index contributed by atoms with van der Waals surface area (Å²) in [5, 5.41) is 2.74. The molecule has 1 aliphatic rings. The van der Waals surface area contributed by atoms with Crippen molar-refractivity contribution >= 4 is 21.6 Å². The predicted molar refractivity (Wildman–Crippen MR) is 101 cm³/mol. The van der Waals surface area contributed by atoms with E-state index < -0.39 is 10.0 Å². The minimum Gasteiger partial charge on any atom is -0.486 e. The van der Waals surface area contributed by atoms with Crippen LogP contribution in [0, 0.1) is 0 Å². The van der Waals surface area contributed by atoms with Gasteiger partial charge >= 0.3 is 0 Å². The first-order valence-electron chi connectivity index (χ1n) is 8.50. The first kappa shape index (κ1) is 19.0. The molecule has 1 aliphatic heterocycles. The third kappa shape index (κ3) is 4.69. The van der Waals surface area contributed by atoms with Crippen molar-refractivity contribution in [2.75, 3.05) is 31.0 Å². The number of nitrogens with one attached hydrogen (secondary N) is 2. The fourth-order valence-electron chi connectivity index (χ4n) is 2.50. The molecule has 2 aromatic rings. The number of fused-ring (bicyclic) bond motifs is 1. The summed E-state index contributed by atoms with van der Waals surface area (Å²) >= 11 is 0. The predicted octanol–water partition coefficient (Wildman–Crippen LogP) is 1.34. The number of nitrogens with two attached hydrogens (primary N) is 1. The van der Waals surface area contributed by atoms with E-state index in [0.29, 0.717) is 55.5 Å². The monoisotopic (exact) mass is 391 g/mol. The van der Waals surface area contributed by atoms with Crippen LogP contribution in [0.15, 0.2) is 47.4 Å². The van der Waals surface area contributed by atoms with E-state index in [2.05, 4.69) is 10.0 Å². The molecule has 0 aliphatic carbocycles. The fraction of sp³-hybridized carbons (Fsp3) is 0.278. The summed E-state index contributed by atoms with van der Waals surface area (Å²) in [4.78, 5) is 12.0. The molecule has 0 aromatic heterocycles. The highest BCUT2D eigenvalue weighted by molar-refractivity contribution is 7.92. The molecule has 27 heavy (non-hydrogen) atoms. The molecule has 3 rings (SSSR count). The quantitative estimate of drug-likeness (QED) is 0.613. The van der Waals surface area contributed by atoms with Crippen LogP contribution in [0.4, 0.5) is 5.69 Å². The van der Waals surface area contributed by atoms with Crippen LogP contribution in [0.1, 0.15) is 16.8 Å². The number of anilines is 1. The van der Waals surface area contributed by atoms with Crippen LogP contribution >= 0.6 is 0 Å². The van der Waals surface area contributed by atoms with E-state index in [1.165, 1.54) is 24.3 Å². The fourth-order valence-corrected chi connectivity index (χ4v) is 3.57. The average molecular weight is 391 g/mol. The third-order valence-corrected chi connectivity index (χ3v) is 5.27. The van der Waals surface area contributed by atoms with E-state index >= 15 is 0 Å². The summed E-state index contributed by atoms with van der Waals surface area (Å²) in [6, 6.07) is 10.6. The lowest BCUT2D eigenvalue weighted by molar-refractivity contribution is 0.0953. The Labute approximate surface area is 157 Å². The number of amides is 1. The van der Waals surface area contributed by atoms with E-state index in [1.54, 1.807) is 18.2 Å². The van der Waals surface area contributed by atoms with Crippen molar-refractivity contribution in [1.29, 1.82) is 0 Å². The maximum absolute atomic E-state index is 12.6. The van der Waals surface area contributed by atoms with Crippen molar-refractivity contribution in [2.45, 2.75) is 11.3 Å². The van der Waals surface area contributed by atoms with Gasteiger partial charge in [-0.15, -0.1) is 0 Å². The molecular formula is C18H21N3O5S. The number of benzene rings is 2. The van der Waals surface area contributed by atoms with E-state index in [0.717, 1.165) is 0 Å². The first-order valence-corrected chi connectivity index (χ1v) is 9.99. The van der Waals surface area contributed by atoms with E-state index in [4.69, 9.17) is 15.2 Å². The second-order valence-corrected chi connectivity index (χ2v) is 7.57. The molecule has 8 nitrogen and oxygen atoms in total. The van der Waals surface area contributed by atoms with Crippen molar-refractivity contribution in [3.63, 3.8) is 0 Å². The smallest absolute Gasteiger partial charge is 0.262 e. The summed E-state index contributed by atoms with van der Waals surface area (Å²) in [6.45, 7) is 1.80. The van der Waals surface area contributed by atoms with Gasteiger partial charge < -0.3 is 20.5 Å². The minimum absolute atomic E-state index is 0.0651. The Balaban J connectivity index is 1.69. The second kappa shape index (κ2) is 8.28. The van der Waals surface area contributed by atoms with Gasteiger partial charge in [-0.2, -0.15) is 0 Å². The molecule has 9 heteroatoms. The Morgan fingerprint density at radius 3 is 2.44 bits per heavy atom. The standard InChI is InChI=1S/C18H21N3O5S/c19-8-1-9-20-18(22)13-2-4-14(5-3-13)21-27(23,24)15-6-7-16-17(12-15)26-11-10-25-16/h2-7,12,21H,1,8-11,19H2,(H,20,22). The summed E-state index contributed by atoms with van der Waals surface area (Å²) in [6.07, 6.45) is 0.694. The van der Waals surface area contributed by atoms with Gasteiger partial charge in [-0.25, -0.2) is 8.42 Å². The van der Waals surface area contributed by atoms with E-state index in [9.17, 15) is 13.2 Å². The van der Waals surface area contributed by atoms with Crippen LogP contribution in [0.5, 0.6) is 11.5 Å². The molecule has 0 bridgehead atoms. The summed E-state index contributed by atoms with van der Waals surface area (Å²) in [7, 11) is -3.80. The highest BCUT2D eigenvalue weighted by Gasteiger charge is 2.19. The number of ether oxygens (including phenoxy) is 2. The van der Waals surface area contributed by atoms with E-state index in [-0.39, 0.29) is 10.8 Å². The van der Waals surface area contributed by atoms with Gasteiger partial charge in [0.2, 0.25) is 0 Å². The normalized spacial score (nSPS) is 13.1. The lowest BCUT2D eigenvalue weighted by Gasteiger charge is -2.19. The number of carbonyl (C=O) groups excluding carboxylic acids is 1. The number of sulfonamides is 1. The first-order chi connectivity index (χ1) is 13.0. The van der Waals surface area contributed by atoms with Crippen molar-refractivity contribution in [2.24, 2.45) is 5.73 Å². The summed E-state index contributed by atoms with van der Waals surface area (Å²) in [5.41, 5.74) is 6.18. The molecule has 144 valence electrons. The van der Waals surface area contributed by atoms with Crippen molar-refractivity contribution in [1.82, 2.24) is 5.32 Å². The zero-order valence-corrected chi connectivity index (χ0v) is 15.4. The van der Waals surface area contributed by atoms with Crippen molar-refractivity contribution < 1.29 is 22.7 Å². The van der Waals surface area contributed by atoms with Gasteiger partial charge in [0.1, 0.15) is 13.2 Å². The maximum atomic E-state index is 12.6. The maximum Gasteiger partial charge on any atom is 0.262 e. The third-order valence-electron chi connectivity index (χ3n) is 3.89. The largest absolute Gasteiger partial charge is 0.486 e. The van der Waals surface area contributed by atoms with Crippen LogP contribution in [0.2, 0.25) is 0 Å². The molecule has 4 N–H and O–H groups in total. The summed E-state index contributed by atoms with van der Waals surface area (Å²) in [5.74, 6) is 0.684. The molecule has 0 saturated heterocycles. The lowest BCUT2D eigenvalue weighted by Crippen LogP contribution is -2.25. The van der Waals surface area contributed by atoms with Gasteiger partial charge in [0.15, 0.2) is 11.5 Å². The van der Waals surface area contributed by atoms with Gasteiger partial charge in [-0.05, 0) is 49.4 Å². The van der Waals surface area contributed by atoms with Crippen LogP contribution in [0.3, 0.4) is 0 Å². The van der Waals surface area contributed by atoms with Crippen LogP contribution < -0.4 is 25.2 Å². The number of hydrogen-bond donors (Lipinski definition) is 3. The SMILES string of the molecule is NCCCNC(=O)c1ccc(NS(=O)(=O)c2ccc3c(c2)OCCO3)cc1. The molecule has 0 fully saturated rings. The molecule has 1 heterocycles. The number of rotatable bonds is 7. The van der Waals surface area contributed by atoms with Gasteiger partial charge in [0, 0.05) is 23.9 Å². The Kier molecular flexibility index (Phi) is 5.82.